The van der Waals surface area contributed by atoms with Gasteiger partial charge >= 0.3 is 0 Å². The van der Waals surface area contributed by atoms with Crippen molar-refractivity contribution in [1.29, 1.82) is 0 Å². The van der Waals surface area contributed by atoms with E-state index in [0.29, 0.717) is 18.2 Å². The lowest BCUT2D eigenvalue weighted by atomic mass is 10.1. The highest BCUT2D eigenvalue weighted by Crippen LogP contribution is 2.34. The molecule has 0 spiro atoms. The lowest BCUT2D eigenvalue weighted by Crippen LogP contribution is -2.11. The van der Waals surface area contributed by atoms with Crippen LogP contribution in [0.3, 0.4) is 0 Å². The largest absolute Gasteiger partial charge is 0.744 e. The van der Waals surface area contributed by atoms with Crippen LogP contribution in [0.2, 0.25) is 0 Å². The van der Waals surface area contributed by atoms with Gasteiger partial charge in [0.25, 0.3) is 0 Å². The molecule has 0 unspecified atom stereocenters. The van der Waals surface area contributed by atoms with Crippen molar-refractivity contribution in [3.63, 3.8) is 0 Å². The molecule has 0 aromatic heterocycles. The van der Waals surface area contributed by atoms with Crippen LogP contribution in [0.1, 0.15) is 71.1 Å². The Morgan fingerprint density at radius 1 is 0.741 bits per heavy atom. The molecule has 1 rings (SSSR count). The standard InChI is InChI=1S/C18H26F4O3S2/c1-2-3-4-5-6-7-8-9-10-11-12-26-17-13(19)15(21)18(27(23,24)25)16(22)14(17)20/h2-12H2,1H3,(H,23,24,25)/p-1. The molecule has 3 nitrogen and oxygen atoms in total. The van der Waals surface area contributed by atoms with Crippen LogP contribution in [-0.2, 0) is 10.1 Å². The van der Waals surface area contributed by atoms with Crippen LogP contribution < -0.4 is 0 Å². The van der Waals surface area contributed by atoms with Gasteiger partial charge in [-0.15, -0.1) is 11.8 Å². The third-order valence-electron chi connectivity index (χ3n) is 4.18. The van der Waals surface area contributed by atoms with E-state index in [1.54, 1.807) is 0 Å². The summed E-state index contributed by atoms with van der Waals surface area (Å²) in [7, 11) is -5.66. The topological polar surface area (TPSA) is 57.2 Å². The van der Waals surface area contributed by atoms with Gasteiger partial charge in [0.2, 0.25) is 0 Å². The normalized spacial score (nSPS) is 11.9. The van der Waals surface area contributed by atoms with Crippen LogP contribution in [0, 0.1) is 23.3 Å². The summed E-state index contributed by atoms with van der Waals surface area (Å²) in [6, 6.07) is 0. The minimum Gasteiger partial charge on any atom is -0.744 e. The summed E-state index contributed by atoms with van der Waals surface area (Å²) in [6.45, 7) is 2.17. The zero-order valence-electron chi connectivity index (χ0n) is 15.3. The van der Waals surface area contributed by atoms with Crippen molar-refractivity contribution in [3.05, 3.63) is 23.3 Å². The number of benzene rings is 1. The fourth-order valence-electron chi connectivity index (χ4n) is 2.70. The molecule has 1 aromatic carbocycles. The van der Waals surface area contributed by atoms with Crippen LogP contribution in [0.15, 0.2) is 9.79 Å². The predicted molar refractivity (Wildman–Crippen MR) is 96.8 cm³/mol. The third kappa shape index (κ3) is 7.62. The minimum atomic E-state index is -5.66. The first-order valence-electron chi connectivity index (χ1n) is 9.16. The molecule has 0 aliphatic heterocycles. The first-order chi connectivity index (χ1) is 12.7. The van der Waals surface area contributed by atoms with E-state index in [0.717, 1.165) is 25.7 Å². The van der Waals surface area contributed by atoms with Crippen LogP contribution in [0.25, 0.3) is 0 Å². The first kappa shape index (κ1) is 24.2. The summed E-state index contributed by atoms with van der Waals surface area (Å²) >= 11 is 0.572. The van der Waals surface area contributed by atoms with Gasteiger partial charge in [0.15, 0.2) is 23.3 Å². The molecule has 27 heavy (non-hydrogen) atoms. The maximum absolute atomic E-state index is 13.8. The van der Waals surface area contributed by atoms with E-state index in [2.05, 4.69) is 6.92 Å². The number of rotatable bonds is 13. The maximum Gasteiger partial charge on any atom is 0.180 e. The summed E-state index contributed by atoms with van der Waals surface area (Å²) < 4.78 is 87.3. The fourth-order valence-corrected chi connectivity index (χ4v) is 4.30. The molecule has 156 valence electrons. The SMILES string of the molecule is CCCCCCCCCCCCSc1c(F)c(F)c(S(=O)(=O)[O-])c(F)c1F. The van der Waals surface area contributed by atoms with Gasteiger partial charge in [-0.2, -0.15) is 0 Å². The molecular weight excluding hydrogens is 404 g/mol. The van der Waals surface area contributed by atoms with E-state index in [1.165, 1.54) is 32.1 Å². The molecule has 0 radical (unpaired) electrons. The Morgan fingerprint density at radius 2 is 1.15 bits per heavy atom. The van der Waals surface area contributed by atoms with Gasteiger partial charge in [-0.25, -0.2) is 26.0 Å². The van der Waals surface area contributed by atoms with Crippen molar-refractivity contribution in [2.24, 2.45) is 0 Å². The van der Waals surface area contributed by atoms with Crippen molar-refractivity contribution in [2.45, 2.75) is 80.9 Å². The van der Waals surface area contributed by atoms with E-state index in [4.69, 9.17) is 0 Å². The van der Waals surface area contributed by atoms with Gasteiger partial charge < -0.3 is 4.55 Å². The van der Waals surface area contributed by atoms with Gasteiger partial charge in [0.05, 0.1) is 4.90 Å². The van der Waals surface area contributed by atoms with Gasteiger partial charge in [-0.05, 0) is 12.2 Å². The quantitative estimate of drug-likeness (QED) is 0.124. The van der Waals surface area contributed by atoms with E-state index < -0.39 is 43.2 Å². The van der Waals surface area contributed by atoms with Gasteiger partial charge in [0.1, 0.15) is 15.0 Å². The molecule has 0 saturated carbocycles. The van der Waals surface area contributed by atoms with Gasteiger partial charge in [0, 0.05) is 0 Å². The number of halogens is 4. The molecule has 0 fully saturated rings. The Bertz CT molecular complexity index is 680. The van der Waals surface area contributed by atoms with E-state index in [1.807, 2.05) is 0 Å². The Labute approximate surface area is 162 Å². The van der Waals surface area contributed by atoms with Crippen LogP contribution >= 0.6 is 11.8 Å². The van der Waals surface area contributed by atoms with Crippen molar-refractivity contribution in [3.8, 4) is 0 Å². The fraction of sp³-hybridized carbons (Fsp3) is 0.667. The minimum absolute atomic E-state index is 0.229. The van der Waals surface area contributed by atoms with E-state index in [-0.39, 0.29) is 5.75 Å². The highest BCUT2D eigenvalue weighted by molar-refractivity contribution is 7.99. The summed E-state index contributed by atoms with van der Waals surface area (Å²) in [5, 5.41) is 0. The average Bonchev–Trinajstić information content (AvgIpc) is 2.59. The summed E-state index contributed by atoms with van der Waals surface area (Å²) in [5.74, 6) is -7.81. The summed E-state index contributed by atoms with van der Waals surface area (Å²) in [5.41, 5.74) is 0. The van der Waals surface area contributed by atoms with Gasteiger partial charge in [-0.1, -0.05) is 64.7 Å². The number of thioether (sulfide) groups is 1. The second kappa shape index (κ2) is 11.9. The molecule has 0 amide bonds. The highest BCUT2D eigenvalue weighted by atomic mass is 32.2. The van der Waals surface area contributed by atoms with Gasteiger partial charge in [-0.3, -0.25) is 0 Å². The molecule has 0 aliphatic rings. The second-order valence-corrected chi connectivity index (χ2v) is 8.82. The van der Waals surface area contributed by atoms with E-state index in [9.17, 15) is 30.5 Å². The lowest BCUT2D eigenvalue weighted by molar-refractivity contribution is 0.381. The summed E-state index contributed by atoms with van der Waals surface area (Å²) in [6.07, 6.45) is 10.7. The van der Waals surface area contributed by atoms with E-state index >= 15 is 0 Å². The Morgan fingerprint density at radius 3 is 1.56 bits per heavy atom. The Balaban J connectivity index is 2.44. The smallest absolute Gasteiger partial charge is 0.180 e. The predicted octanol–water partition coefficient (Wildman–Crippen LogP) is 6.16. The second-order valence-electron chi connectivity index (χ2n) is 6.40. The molecule has 9 heteroatoms. The molecule has 1 aromatic rings. The molecular formula is C18H25F4O3S2-. The van der Waals surface area contributed by atoms with Crippen LogP contribution in [0.4, 0.5) is 17.6 Å². The lowest BCUT2D eigenvalue weighted by Gasteiger charge is -2.13. The molecule has 0 atom stereocenters. The molecule has 0 aliphatic carbocycles. The van der Waals surface area contributed by atoms with Crippen molar-refractivity contribution in [1.82, 2.24) is 0 Å². The Kier molecular flexibility index (Phi) is 10.7. The first-order valence-corrected chi connectivity index (χ1v) is 11.6. The zero-order chi connectivity index (χ0) is 20.4. The van der Waals surface area contributed by atoms with Crippen molar-refractivity contribution >= 4 is 21.9 Å². The molecule has 0 bridgehead atoms. The molecule has 0 heterocycles. The maximum atomic E-state index is 13.8. The number of hydrogen-bond acceptors (Lipinski definition) is 4. The van der Waals surface area contributed by atoms with Crippen LogP contribution in [-0.4, -0.2) is 18.7 Å². The molecule has 0 saturated heterocycles. The van der Waals surface area contributed by atoms with Crippen molar-refractivity contribution in [2.75, 3.05) is 5.75 Å². The summed E-state index contributed by atoms with van der Waals surface area (Å²) in [4.78, 5) is -3.05. The monoisotopic (exact) mass is 429 g/mol. The molecule has 0 N–H and O–H groups in total. The van der Waals surface area contributed by atoms with Crippen molar-refractivity contribution < 1.29 is 30.5 Å². The third-order valence-corrected chi connectivity index (χ3v) is 6.18. The zero-order valence-corrected chi connectivity index (χ0v) is 17.0. The highest BCUT2D eigenvalue weighted by Gasteiger charge is 2.28. The number of unbranched alkanes of at least 4 members (excludes halogenated alkanes) is 9. The number of hydrogen-bond donors (Lipinski definition) is 0. The Hall–Kier alpha value is -0.800. The van der Waals surface area contributed by atoms with Crippen LogP contribution in [0.5, 0.6) is 0 Å². The average molecular weight is 430 g/mol.